The molecule has 0 radical (unpaired) electrons. The molecule has 1 aromatic carbocycles. The standard InChI is InChI=1S/C10H4N4OS/c11-4-8-10-9(14-16-8)6-3-5(15)1-2-7(6)12-13-10/h1-3,15H. The van der Waals surface area contributed by atoms with Gasteiger partial charge in [-0.25, -0.2) is 0 Å². The molecule has 76 valence electrons. The van der Waals surface area contributed by atoms with E-state index in [1.54, 1.807) is 18.2 Å². The summed E-state index contributed by atoms with van der Waals surface area (Å²) in [6.07, 6.45) is 0. The lowest BCUT2D eigenvalue weighted by molar-refractivity contribution is 0.476. The lowest BCUT2D eigenvalue weighted by atomic mass is 10.2. The molecule has 0 bridgehead atoms. The average Bonchev–Trinajstić information content (AvgIpc) is 2.72. The van der Waals surface area contributed by atoms with Gasteiger partial charge in [-0.2, -0.15) is 9.64 Å². The number of hydrogen-bond acceptors (Lipinski definition) is 6. The van der Waals surface area contributed by atoms with E-state index in [9.17, 15) is 5.11 Å². The Kier molecular flexibility index (Phi) is 1.75. The largest absolute Gasteiger partial charge is 0.508 e. The molecule has 0 atom stereocenters. The number of aromatic nitrogens is 3. The van der Waals surface area contributed by atoms with Gasteiger partial charge < -0.3 is 5.11 Å². The molecular weight excluding hydrogens is 224 g/mol. The van der Waals surface area contributed by atoms with E-state index in [-0.39, 0.29) is 5.75 Å². The summed E-state index contributed by atoms with van der Waals surface area (Å²) in [6, 6.07) is 6.81. The Morgan fingerprint density at radius 2 is 2.12 bits per heavy atom. The van der Waals surface area contributed by atoms with E-state index in [1.807, 2.05) is 6.07 Å². The second-order valence-corrected chi connectivity index (χ2v) is 4.00. The van der Waals surface area contributed by atoms with E-state index in [0.717, 1.165) is 11.5 Å². The highest BCUT2D eigenvalue weighted by atomic mass is 32.1. The van der Waals surface area contributed by atoms with Gasteiger partial charge in [0.2, 0.25) is 0 Å². The number of phenolic OH excluding ortho intramolecular Hbond substituents is 1. The van der Waals surface area contributed by atoms with E-state index < -0.39 is 0 Å². The predicted molar refractivity (Wildman–Crippen MR) is 59.1 cm³/mol. The van der Waals surface area contributed by atoms with Gasteiger partial charge in [-0.15, -0.1) is 10.2 Å². The molecule has 1 N–H and O–H groups in total. The van der Waals surface area contributed by atoms with Gasteiger partial charge in [-0.3, -0.25) is 0 Å². The van der Waals surface area contributed by atoms with Gasteiger partial charge in [0, 0.05) is 5.39 Å². The minimum atomic E-state index is 0.147. The number of rotatable bonds is 0. The molecule has 0 aliphatic rings. The van der Waals surface area contributed by atoms with E-state index >= 15 is 0 Å². The third-order valence-electron chi connectivity index (χ3n) is 2.26. The second-order valence-electron chi connectivity index (χ2n) is 3.22. The first-order chi connectivity index (χ1) is 7.79. The Balaban J connectivity index is 2.54. The Morgan fingerprint density at radius 1 is 1.25 bits per heavy atom. The summed E-state index contributed by atoms with van der Waals surface area (Å²) < 4.78 is 4.16. The van der Waals surface area contributed by atoms with Crippen molar-refractivity contribution in [3.05, 3.63) is 23.1 Å². The quantitative estimate of drug-likeness (QED) is 0.634. The molecule has 0 amide bonds. The molecule has 3 aromatic rings. The van der Waals surface area contributed by atoms with Gasteiger partial charge in [-0.05, 0) is 29.7 Å². The summed E-state index contributed by atoms with van der Waals surface area (Å²) in [6.45, 7) is 0. The predicted octanol–water partition coefficient (Wildman–Crippen LogP) is 1.82. The van der Waals surface area contributed by atoms with Crippen LogP contribution in [0.1, 0.15) is 4.88 Å². The van der Waals surface area contributed by atoms with Crippen LogP contribution in [-0.2, 0) is 0 Å². The zero-order chi connectivity index (χ0) is 11.1. The number of nitriles is 1. The molecule has 2 aromatic heterocycles. The minimum absolute atomic E-state index is 0.147. The molecule has 16 heavy (non-hydrogen) atoms. The summed E-state index contributed by atoms with van der Waals surface area (Å²) in [5.74, 6) is 0.147. The van der Waals surface area contributed by atoms with Gasteiger partial charge in [0.05, 0.1) is 5.52 Å². The topological polar surface area (TPSA) is 82.7 Å². The van der Waals surface area contributed by atoms with Crippen molar-refractivity contribution in [1.29, 1.82) is 5.26 Å². The fourth-order valence-electron chi connectivity index (χ4n) is 1.53. The van der Waals surface area contributed by atoms with Gasteiger partial charge >= 0.3 is 0 Å². The number of benzene rings is 1. The summed E-state index contributed by atoms with van der Waals surface area (Å²) in [5.41, 5.74) is 1.76. The van der Waals surface area contributed by atoms with Crippen LogP contribution in [-0.4, -0.2) is 19.7 Å². The molecular formula is C10H4N4OS. The first-order valence-electron chi connectivity index (χ1n) is 4.44. The van der Waals surface area contributed by atoms with Crippen LogP contribution in [0.5, 0.6) is 5.75 Å². The average molecular weight is 228 g/mol. The lowest BCUT2D eigenvalue weighted by Crippen LogP contribution is -1.86. The molecule has 0 saturated carbocycles. The molecule has 0 aliphatic heterocycles. The Hall–Kier alpha value is -2.26. The Morgan fingerprint density at radius 3 is 2.94 bits per heavy atom. The summed E-state index contributed by atoms with van der Waals surface area (Å²) in [4.78, 5) is 0.438. The van der Waals surface area contributed by atoms with Gasteiger partial charge in [-0.1, -0.05) is 0 Å². The highest BCUT2D eigenvalue weighted by Gasteiger charge is 2.11. The first-order valence-corrected chi connectivity index (χ1v) is 5.22. The van der Waals surface area contributed by atoms with Crippen molar-refractivity contribution < 1.29 is 5.11 Å². The number of aromatic hydroxyl groups is 1. The maximum absolute atomic E-state index is 9.42. The van der Waals surface area contributed by atoms with E-state index in [4.69, 9.17) is 5.26 Å². The molecule has 5 nitrogen and oxygen atoms in total. The normalized spacial score (nSPS) is 10.7. The molecule has 0 aliphatic carbocycles. The van der Waals surface area contributed by atoms with Crippen molar-refractivity contribution in [2.45, 2.75) is 0 Å². The van der Waals surface area contributed by atoms with Crippen LogP contribution in [0.25, 0.3) is 21.9 Å². The van der Waals surface area contributed by atoms with Crippen LogP contribution in [0.2, 0.25) is 0 Å². The lowest BCUT2D eigenvalue weighted by Gasteiger charge is -1.97. The van der Waals surface area contributed by atoms with Crippen molar-refractivity contribution in [3.8, 4) is 11.8 Å². The fraction of sp³-hybridized carbons (Fsp3) is 0. The highest BCUT2D eigenvalue weighted by molar-refractivity contribution is 7.07. The van der Waals surface area contributed by atoms with Crippen LogP contribution in [0, 0.1) is 11.3 Å². The number of hydrogen-bond donors (Lipinski definition) is 1. The molecule has 0 spiro atoms. The van der Waals surface area contributed by atoms with E-state index in [0.29, 0.717) is 26.8 Å². The molecule has 0 fully saturated rings. The molecule has 3 rings (SSSR count). The Labute approximate surface area is 93.8 Å². The minimum Gasteiger partial charge on any atom is -0.508 e. The zero-order valence-corrected chi connectivity index (χ0v) is 8.69. The van der Waals surface area contributed by atoms with Crippen LogP contribution >= 0.6 is 11.5 Å². The monoisotopic (exact) mass is 228 g/mol. The highest BCUT2D eigenvalue weighted by Crippen LogP contribution is 2.27. The zero-order valence-electron chi connectivity index (χ0n) is 7.88. The number of phenols is 1. The van der Waals surface area contributed by atoms with E-state index in [2.05, 4.69) is 14.6 Å². The van der Waals surface area contributed by atoms with Crippen molar-refractivity contribution in [3.63, 3.8) is 0 Å². The van der Waals surface area contributed by atoms with Crippen molar-refractivity contribution in [2.24, 2.45) is 0 Å². The summed E-state index contributed by atoms with van der Waals surface area (Å²) in [5, 5.41) is 26.9. The molecule has 0 saturated heterocycles. The van der Waals surface area contributed by atoms with Crippen molar-refractivity contribution in [2.75, 3.05) is 0 Å². The maximum atomic E-state index is 9.42. The third-order valence-corrected chi connectivity index (χ3v) is 3.00. The maximum Gasteiger partial charge on any atom is 0.153 e. The van der Waals surface area contributed by atoms with E-state index in [1.165, 1.54) is 0 Å². The van der Waals surface area contributed by atoms with Crippen molar-refractivity contribution in [1.82, 2.24) is 14.6 Å². The van der Waals surface area contributed by atoms with Gasteiger partial charge in [0.15, 0.2) is 4.88 Å². The van der Waals surface area contributed by atoms with Crippen LogP contribution < -0.4 is 0 Å². The molecule has 6 heteroatoms. The fourth-order valence-corrected chi connectivity index (χ4v) is 2.17. The molecule has 0 unspecified atom stereocenters. The van der Waals surface area contributed by atoms with Gasteiger partial charge in [0.25, 0.3) is 0 Å². The summed E-state index contributed by atoms with van der Waals surface area (Å²) in [7, 11) is 0. The van der Waals surface area contributed by atoms with Crippen LogP contribution in [0.3, 0.4) is 0 Å². The number of fused-ring (bicyclic) bond motifs is 3. The van der Waals surface area contributed by atoms with Gasteiger partial charge in [0.1, 0.15) is 22.9 Å². The van der Waals surface area contributed by atoms with Crippen molar-refractivity contribution >= 4 is 33.5 Å². The van der Waals surface area contributed by atoms with Crippen LogP contribution in [0.4, 0.5) is 0 Å². The third kappa shape index (κ3) is 1.12. The number of nitrogens with zero attached hydrogens (tertiary/aromatic N) is 4. The molecule has 2 heterocycles. The SMILES string of the molecule is N#Cc1snc2c1nnc1ccc(O)cc12. The van der Waals surface area contributed by atoms with Crippen LogP contribution in [0.15, 0.2) is 18.2 Å². The second kappa shape index (κ2) is 3.12. The smallest absolute Gasteiger partial charge is 0.153 e. The first kappa shape index (κ1) is 9.00. The summed E-state index contributed by atoms with van der Waals surface area (Å²) >= 11 is 1.09. The Bertz CT molecular complexity index is 743.